The second kappa shape index (κ2) is 8.91. The van der Waals surface area contributed by atoms with E-state index >= 15 is 0 Å². The van der Waals surface area contributed by atoms with Crippen LogP contribution in [-0.2, 0) is 9.53 Å². The molecule has 1 saturated heterocycles. The van der Waals surface area contributed by atoms with E-state index in [-0.39, 0.29) is 28.9 Å². The molecule has 1 unspecified atom stereocenters. The predicted molar refractivity (Wildman–Crippen MR) is 123 cm³/mol. The Kier molecular flexibility index (Phi) is 6.61. The van der Waals surface area contributed by atoms with Crippen molar-refractivity contribution in [2.75, 3.05) is 25.1 Å². The Hall–Kier alpha value is -2.92. The highest BCUT2D eigenvalue weighted by Crippen LogP contribution is 2.35. The summed E-state index contributed by atoms with van der Waals surface area (Å²) in [6.45, 7) is 11.1. The Labute approximate surface area is 188 Å². The van der Waals surface area contributed by atoms with Crippen LogP contribution in [0.2, 0.25) is 0 Å². The molecule has 1 fully saturated rings. The lowest BCUT2D eigenvalue weighted by molar-refractivity contribution is -0.147. The molecule has 0 bridgehead atoms. The van der Waals surface area contributed by atoms with Crippen LogP contribution >= 0.6 is 0 Å². The van der Waals surface area contributed by atoms with Crippen LogP contribution in [0, 0.1) is 22.7 Å². The van der Waals surface area contributed by atoms with E-state index in [9.17, 15) is 14.9 Å². The topological polar surface area (TPSA) is 108 Å². The summed E-state index contributed by atoms with van der Waals surface area (Å²) in [5.74, 6) is -0.0789. The number of piperidine rings is 1. The second-order valence-electron chi connectivity index (χ2n) is 9.42. The standard InChI is InChI=1S/C24H32N4O4/c1-7-15(2)23(3,4)22(30)32-19-12-16-18(14-26-19)27-21(29)17(13-25)20(16)28-10-8-24(5,31-6)9-11-28/h12,14-15H,7-11H2,1-6H3,(H,27,29). The highest BCUT2D eigenvalue weighted by atomic mass is 16.5. The number of nitrogens with zero attached hydrogens (tertiary/aromatic N) is 3. The monoisotopic (exact) mass is 440 g/mol. The Bertz CT molecular complexity index is 1110. The maximum Gasteiger partial charge on any atom is 0.318 e. The molecule has 172 valence electrons. The first-order valence-corrected chi connectivity index (χ1v) is 11.0. The quantitative estimate of drug-likeness (QED) is 0.681. The molecule has 2 aromatic rings. The van der Waals surface area contributed by atoms with Gasteiger partial charge in [-0.15, -0.1) is 0 Å². The first-order valence-electron chi connectivity index (χ1n) is 11.0. The van der Waals surface area contributed by atoms with Gasteiger partial charge in [0.15, 0.2) is 0 Å². The zero-order valence-electron chi connectivity index (χ0n) is 19.7. The van der Waals surface area contributed by atoms with E-state index in [0.29, 0.717) is 29.7 Å². The van der Waals surface area contributed by atoms with Crippen molar-refractivity contribution in [1.82, 2.24) is 9.97 Å². The Balaban J connectivity index is 2.04. The van der Waals surface area contributed by atoms with Gasteiger partial charge in [-0.05, 0) is 39.5 Å². The van der Waals surface area contributed by atoms with Gasteiger partial charge < -0.3 is 19.4 Å². The summed E-state index contributed by atoms with van der Waals surface area (Å²) in [5, 5.41) is 10.4. The zero-order chi connectivity index (χ0) is 23.7. The Morgan fingerprint density at radius 1 is 1.41 bits per heavy atom. The number of aromatic amines is 1. The number of hydrogen-bond donors (Lipinski definition) is 1. The molecule has 32 heavy (non-hydrogen) atoms. The molecule has 0 saturated carbocycles. The lowest BCUT2D eigenvalue weighted by atomic mass is 9.78. The number of nitriles is 1. The molecule has 0 aliphatic carbocycles. The largest absolute Gasteiger partial charge is 0.407 e. The first kappa shape index (κ1) is 23.7. The van der Waals surface area contributed by atoms with Gasteiger partial charge in [-0.25, -0.2) is 4.98 Å². The molecule has 0 radical (unpaired) electrons. The number of carbonyl (C=O) groups is 1. The van der Waals surface area contributed by atoms with Crippen LogP contribution in [0.1, 0.15) is 59.4 Å². The van der Waals surface area contributed by atoms with Gasteiger partial charge in [-0.3, -0.25) is 9.59 Å². The number of methoxy groups -OCH3 is 1. The maximum atomic E-state index is 12.8. The van der Waals surface area contributed by atoms with Crippen LogP contribution < -0.4 is 15.2 Å². The summed E-state index contributed by atoms with van der Waals surface area (Å²) < 4.78 is 11.3. The normalized spacial score (nSPS) is 17.1. The molecule has 8 heteroatoms. The van der Waals surface area contributed by atoms with Gasteiger partial charge in [0.25, 0.3) is 5.56 Å². The smallest absolute Gasteiger partial charge is 0.318 e. The fraction of sp³-hybridized carbons (Fsp3) is 0.583. The van der Waals surface area contributed by atoms with Crippen LogP contribution in [0.3, 0.4) is 0 Å². The molecule has 1 aliphatic rings. The summed E-state index contributed by atoms with van der Waals surface area (Å²) in [4.78, 5) is 34.4. The number of ether oxygens (including phenoxy) is 2. The number of fused-ring (bicyclic) bond motifs is 1. The van der Waals surface area contributed by atoms with Crippen LogP contribution in [0.4, 0.5) is 5.69 Å². The van der Waals surface area contributed by atoms with Gasteiger partial charge >= 0.3 is 5.97 Å². The number of nitrogens with one attached hydrogen (secondary N) is 1. The van der Waals surface area contributed by atoms with Crippen molar-refractivity contribution in [3.63, 3.8) is 0 Å². The highest BCUT2D eigenvalue weighted by Gasteiger charge is 2.35. The number of H-pyrrole nitrogens is 1. The number of carbonyl (C=O) groups excluding carboxylic acids is 1. The third-order valence-electron chi connectivity index (χ3n) is 7.16. The van der Waals surface area contributed by atoms with Crippen LogP contribution in [-0.4, -0.2) is 41.7 Å². The molecule has 0 spiro atoms. The summed E-state index contributed by atoms with van der Waals surface area (Å²) in [6, 6.07) is 3.69. The summed E-state index contributed by atoms with van der Waals surface area (Å²) in [7, 11) is 1.70. The number of anilines is 1. The Morgan fingerprint density at radius 2 is 2.06 bits per heavy atom. The average Bonchev–Trinajstić information content (AvgIpc) is 2.78. The van der Waals surface area contributed by atoms with Gasteiger partial charge in [-0.2, -0.15) is 5.26 Å². The Morgan fingerprint density at radius 3 is 2.62 bits per heavy atom. The number of esters is 1. The fourth-order valence-corrected chi connectivity index (χ4v) is 3.99. The van der Waals surface area contributed by atoms with Crippen molar-refractivity contribution in [3.8, 4) is 11.9 Å². The molecule has 3 rings (SSSR count). The minimum atomic E-state index is -0.672. The van der Waals surface area contributed by atoms with Crippen molar-refractivity contribution < 1.29 is 14.3 Å². The van der Waals surface area contributed by atoms with Gasteiger partial charge in [0.2, 0.25) is 5.88 Å². The SMILES string of the molecule is CCC(C)C(C)(C)C(=O)Oc1cc2c(N3CCC(C)(OC)CC3)c(C#N)c(=O)[nH]c2cn1. The van der Waals surface area contributed by atoms with Gasteiger partial charge in [0, 0.05) is 31.7 Å². The van der Waals surface area contributed by atoms with Crippen molar-refractivity contribution in [1.29, 1.82) is 5.26 Å². The summed E-state index contributed by atoms with van der Waals surface area (Å²) >= 11 is 0. The molecule has 3 heterocycles. The van der Waals surface area contributed by atoms with E-state index in [0.717, 1.165) is 19.3 Å². The number of hydrogen-bond acceptors (Lipinski definition) is 7. The maximum absolute atomic E-state index is 12.8. The lowest BCUT2D eigenvalue weighted by Crippen LogP contribution is -2.44. The molecular formula is C24H32N4O4. The molecule has 1 atom stereocenters. The van der Waals surface area contributed by atoms with E-state index in [1.165, 1.54) is 6.20 Å². The van der Waals surface area contributed by atoms with Gasteiger partial charge in [0.05, 0.1) is 28.4 Å². The molecule has 0 aromatic carbocycles. The summed E-state index contributed by atoms with van der Waals surface area (Å²) in [5.41, 5.74) is -0.282. The molecule has 1 aliphatic heterocycles. The third-order valence-corrected chi connectivity index (χ3v) is 7.16. The predicted octanol–water partition coefficient (Wildman–Crippen LogP) is 3.78. The van der Waals surface area contributed by atoms with Gasteiger partial charge in [0.1, 0.15) is 11.6 Å². The van der Waals surface area contributed by atoms with Crippen LogP contribution in [0.25, 0.3) is 10.9 Å². The molecular weight excluding hydrogens is 408 g/mol. The van der Waals surface area contributed by atoms with Crippen LogP contribution in [0.15, 0.2) is 17.1 Å². The van der Waals surface area contributed by atoms with E-state index in [4.69, 9.17) is 9.47 Å². The van der Waals surface area contributed by atoms with E-state index in [1.807, 2.05) is 32.6 Å². The molecule has 2 aromatic heterocycles. The zero-order valence-corrected chi connectivity index (χ0v) is 19.7. The fourth-order valence-electron chi connectivity index (χ4n) is 3.99. The molecule has 1 N–H and O–H groups in total. The second-order valence-corrected chi connectivity index (χ2v) is 9.42. The number of aromatic nitrogens is 2. The highest BCUT2D eigenvalue weighted by molar-refractivity contribution is 5.95. The van der Waals surface area contributed by atoms with Crippen LogP contribution in [0.5, 0.6) is 5.88 Å². The summed E-state index contributed by atoms with van der Waals surface area (Å²) in [6.07, 6.45) is 3.85. The van der Waals surface area contributed by atoms with E-state index in [1.54, 1.807) is 13.2 Å². The minimum absolute atomic E-state index is 0.0435. The molecule has 0 amide bonds. The van der Waals surface area contributed by atoms with E-state index < -0.39 is 11.0 Å². The first-order chi connectivity index (χ1) is 15.1. The lowest BCUT2D eigenvalue weighted by Gasteiger charge is -2.40. The minimum Gasteiger partial charge on any atom is -0.407 e. The third kappa shape index (κ3) is 4.35. The van der Waals surface area contributed by atoms with E-state index in [2.05, 4.69) is 23.0 Å². The van der Waals surface area contributed by atoms with Crippen molar-refractivity contribution >= 4 is 22.6 Å². The number of rotatable bonds is 6. The van der Waals surface area contributed by atoms with Gasteiger partial charge in [-0.1, -0.05) is 20.3 Å². The molecule has 8 nitrogen and oxygen atoms in total. The van der Waals surface area contributed by atoms with Crippen molar-refractivity contribution in [2.24, 2.45) is 11.3 Å². The number of pyridine rings is 2. The van der Waals surface area contributed by atoms with Crippen molar-refractivity contribution in [3.05, 3.63) is 28.2 Å². The van der Waals surface area contributed by atoms with Crippen molar-refractivity contribution in [2.45, 2.75) is 59.5 Å². The average molecular weight is 441 g/mol.